The molecule has 0 fully saturated rings. The summed E-state index contributed by atoms with van der Waals surface area (Å²) in [6.07, 6.45) is 0.791. The Labute approximate surface area is 110 Å². The number of rotatable bonds is 6. The number of hydrogen-bond donors (Lipinski definition) is 1. The van der Waals surface area contributed by atoms with Gasteiger partial charge in [0.1, 0.15) is 0 Å². The molecule has 0 saturated carbocycles. The number of carbonyl (C=O) groups is 1. The second-order valence-electron chi connectivity index (χ2n) is 3.95. The Morgan fingerprint density at radius 2 is 2.05 bits per heavy atom. The molecule has 1 rings (SSSR count). The molecule has 1 heterocycles. The van der Waals surface area contributed by atoms with Gasteiger partial charge in [0.25, 0.3) is 5.56 Å². The van der Waals surface area contributed by atoms with Crippen LogP contribution in [0.3, 0.4) is 0 Å². The molecule has 0 amide bonds. The standard InChI is InChI=1S/C11H18N4O4/c1-4-19-8(16)6-5-7-12-9-10(17)14(2)11(18)15(3)13-9/h4-7H2,1-3H3,(H,12,13). The van der Waals surface area contributed by atoms with Crippen LogP contribution >= 0.6 is 0 Å². The molecule has 1 N–H and O–H groups in total. The molecular weight excluding hydrogens is 252 g/mol. The highest BCUT2D eigenvalue weighted by Crippen LogP contribution is 1.95. The van der Waals surface area contributed by atoms with Crippen LogP contribution in [0.4, 0.5) is 5.82 Å². The topological polar surface area (TPSA) is 95.2 Å². The average molecular weight is 270 g/mol. The van der Waals surface area contributed by atoms with Gasteiger partial charge < -0.3 is 10.1 Å². The number of esters is 1. The molecule has 0 aliphatic carbocycles. The maximum atomic E-state index is 11.7. The Morgan fingerprint density at radius 1 is 1.37 bits per heavy atom. The minimum absolute atomic E-state index is 0.0912. The Balaban J connectivity index is 2.58. The first-order chi connectivity index (χ1) is 8.97. The zero-order valence-corrected chi connectivity index (χ0v) is 11.3. The summed E-state index contributed by atoms with van der Waals surface area (Å²) >= 11 is 0. The Hall–Kier alpha value is -2.12. The molecule has 0 bridgehead atoms. The fourth-order valence-corrected chi connectivity index (χ4v) is 1.48. The summed E-state index contributed by atoms with van der Waals surface area (Å²) in [5, 5.41) is 6.64. The van der Waals surface area contributed by atoms with Crippen molar-refractivity contribution in [1.29, 1.82) is 0 Å². The smallest absolute Gasteiger partial charge is 0.346 e. The summed E-state index contributed by atoms with van der Waals surface area (Å²) in [7, 11) is 2.85. The summed E-state index contributed by atoms with van der Waals surface area (Å²) < 4.78 is 6.83. The van der Waals surface area contributed by atoms with Crippen LogP contribution < -0.4 is 16.6 Å². The lowest BCUT2D eigenvalue weighted by Gasteiger charge is -2.07. The van der Waals surface area contributed by atoms with E-state index < -0.39 is 11.2 Å². The van der Waals surface area contributed by atoms with Crippen molar-refractivity contribution in [3.63, 3.8) is 0 Å². The zero-order chi connectivity index (χ0) is 14.4. The van der Waals surface area contributed by atoms with Crippen molar-refractivity contribution >= 4 is 11.8 Å². The Bertz CT molecular complexity index is 561. The number of aromatic nitrogens is 3. The summed E-state index contributed by atoms with van der Waals surface area (Å²) in [5.41, 5.74) is -0.971. The first kappa shape index (κ1) is 14.9. The first-order valence-electron chi connectivity index (χ1n) is 6.01. The molecule has 1 aromatic heterocycles. The number of nitrogens with zero attached hydrogens (tertiary/aromatic N) is 3. The quantitative estimate of drug-likeness (QED) is 0.539. The lowest BCUT2D eigenvalue weighted by atomic mass is 10.3. The molecule has 0 spiro atoms. The SMILES string of the molecule is CCOC(=O)CCCNc1nn(C)c(=O)n(C)c1=O. The maximum Gasteiger partial charge on any atom is 0.346 e. The van der Waals surface area contributed by atoms with Crippen molar-refractivity contribution in [3.8, 4) is 0 Å². The van der Waals surface area contributed by atoms with Gasteiger partial charge in [0, 0.05) is 27.1 Å². The van der Waals surface area contributed by atoms with Gasteiger partial charge in [0.15, 0.2) is 0 Å². The normalized spacial score (nSPS) is 10.3. The second kappa shape index (κ2) is 6.72. The van der Waals surface area contributed by atoms with Crippen LogP contribution in [0.25, 0.3) is 0 Å². The van der Waals surface area contributed by atoms with E-state index in [4.69, 9.17) is 4.74 Å². The number of aryl methyl sites for hydroxylation is 1. The van der Waals surface area contributed by atoms with E-state index >= 15 is 0 Å². The van der Waals surface area contributed by atoms with Crippen LogP contribution in [0.1, 0.15) is 19.8 Å². The lowest BCUT2D eigenvalue weighted by molar-refractivity contribution is -0.143. The van der Waals surface area contributed by atoms with Gasteiger partial charge in [0.2, 0.25) is 5.82 Å². The zero-order valence-electron chi connectivity index (χ0n) is 11.3. The van der Waals surface area contributed by atoms with Crippen molar-refractivity contribution in [2.45, 2.75) is 19.8 Å². The molecule has 8 nitrogen and oxygen atoms in total. The number of nitrogens with one attached hydrogen (secondary N) is 1. The predicted octanol–water partition coefficient (Wildman–Crippen LogP) is -0.766. The third kappa shape index (κ3) is 3.94. The minimum Gasteiger partial charge on any atom is -0.466 e. The van der Waals surface area contributed by atoms with Gasteiger partial charge in [0.05, 0.1) is 6.61 Å². The van der Waals surface area contributed by atoms with E-state index in [0.29, 0.717) is 19.6 Å². The van der Waals surface area contributed by atoms with E-state index in [1.54, 1.807) is 6.92 Å². The maximum absolute atomic E-state index is 11.7. The van der Waals surface area contributed by atoms with Crippen molar-refractivity contribution in [2.24, 2.45) is 14.1 Å². The highest BCUT2D eigenvalue weighted by molar-refractivity contribution is 5.69. The predicted molar refractivity (Wildman–Crippen MR) is 69.1 cm³/mol. The van der Waals surface area contributed by atoms with Gasteiger partial charge in [-0.25, -0.2) is 9.48 Å². The molecular formula is C11H18N4O4. The van der Waals surface area contributed by atoms with E-state index in [9.17, 15) is 14.4 Å². The molecule has 1 aromatic rings. The van der Waals surface area contributed by atoms with E-state index in [1.807, 2.05) is 0 Å². The summed E-state index contributed by atoms with van der Waals surface area (Å²) in [6.45, 7) is 2.50. The summed E-state index contributed by atoms with van der Waals surface area (Å²) in [5.74, 6) is -0.181. The minimum atomic E-state index is -0.487. The van der Waals surface area contributed by atoms with Crippen LogP contribution in [0.15, 0.2) is 9.59 Å². The van der Waals surface area contributed by atoms with Gasteiger partial charge in [-0.05, 0) is 13.3 Å². The van der Waals surface area contributed by atoms with Crippen LogP contribution in [0.2, 0.25) is 0 Å². The van der Waals surface area contributed by atoms with Crippen molar-refractivity contribution in [2.75, 3.05) is 18.5 Å². The fourth-order valence-electron chi connectivity index (χ4n) is 1.48. The van der Waals surface area contributed by atoms with Gasteiger partial charge in [-0.3, -0.25) is 14.2 Å². The van der Waals surface area contributed by atoms with Crippen molar-refractivity contribution < 1.29 is 9.53 Å². The first-order valence-corrected chi connectivity index (χ1v) is 6.01. The highest BCUT2D eigenvalue weighted by Gasteiger charge is 2.08. The van der Waals surface area contributed by atoms with Crippen LogP contribution in [0, 0.1) is 0 Å². The fraction of sp³-hybridized carbons (Fsp3) is 0.636. The Kier molecular flexibility index (Phi) is 5.28. The van der Waals surface area contributed by atoms with E-state index in [0.717, 1.165) is 9.25 Å². The number of ether oxygens (including phenoxy) is 1. The van der Waals surface area contributed by atoms with Crippen LogP contribution in [0.5, 0.6) is 0 Å². The van der Waals surface area contributed by atoms with Gasteiger partial charge in [-0.2, -0.15) is 0 Å². The molecule has 0 radical (unpaired) electrons. The van der Waals surface area contributed by atoms with Crippen molar-refractivity contribution in [1.82, 2.24) is 14.3 Å². The molecule has 0 unspecified atom stereocenters. The monoisotopic (exact) mass is 270 g/mol. The lowest BCUT2D eigenvalue weighted by Crippen LogP contribution is -2.40. The highest BCUT2D eigenvalue weighted by atomic mass is 16.5. The van der Waals surface area contributed by atoms with Crippen molar-refractivity contribution in [3.05, 3.63) is 20.8 Å². The molecule has 0 aromatic carbocycles. The largest absolute Gasteiger partial charge is 0.466 e. The molecule has 19 heavy (non-hydrogen) atoms. The second-order valence-corrected chi connectivity index (χ2v) is 3.95. The van der Waals surface area contributed by atoms with Gasteiger partial charge in [-0.1, -0.05) is 0 Å². The molecule has 0 aliphatic heterocycles. The average Bonchev–Trinajstić information content (AvgIpc) is 2.38. The number of carbonyl (C=O) groups excluding carboxylic acids is 1. The van der Waals surface area contributed by atoms with Crippen LogP contribution in [-0.2, 0) is 23.6 Å². The molecule has 0 aliphatic rings. The van der Waals surface area contributed by atoms with Gasteiger partial charge in [-0.15, -0.1) is 5.10 Å². The summed E-state index contributed by atoms with van der Waals surface area (Å²) in [4.78, 5) is 34.2. The molecule has 0 saturated heterocycles. The Morgan fingerprint density at radius 3 is 2.68 bits per heavy atom. The third-order valence-electron chi connectivity index (χ3n) is 2.48. The molecule has 8 heteroatoms. The van der Waals surface area contributed by atoms with Crippen LogP contribution in [-0.4, -0.2) is 33.5 Å². The van der Waals surface area contributed by atoms with Gasteiger partial charge >= 0.3 is 11.7 Å². The number of hydrogen-bond acceptors (Lipinski definition) is 6. The third-order valence-corrected chi connectivity index (χ3v) is 2.48. The molecule has 0 atom stereocenters. The summed E-state index contributed by atoms with van der Waals surface area (Å²) in [6, 6.07) is 0. The number of anilines is 1. The molecule has 106 valence electrons. The van der Waals surface area contributed by atoms with E-state index in [2.05, 4.69) is 10.4 Å². The van der Waals surface area contributed by atoms with E-state index in [1.165, 1.54) is 14.1 Å². The van der Waals surface area contributed by atoms with E-state index in [-0.39, 0.29) is 18.2 Å².